The Morgan fingerprint density at radius 2 is 1.11 bits per heavy atom. The fourth-order valence-corrected chi connectivity index (χ4v) is 5.82. The maximum atomic E-state index is 13.6. The van der Waals surface area contributed by atoms with Gasteiger partial charge in [0.2, 0.25) is 0 Å². The number of aryl methyl sites for hydroxylation is 3. The first kappa shape index (κ1) is 37.3. The van der Waals surface area contributed by atoms with Gasteiger partial charge in [-0.25, -0.2) is 9.59 Å². The van der Waals surface area contributed by atoms with Gasteiger partial charge in [-0.05, 0) is 72.9 Å². The van der Waals surface area contributed by atoms with E-state index in [0.29, 0.717) is 40.4 Å². The van der Waals surface area contributed by atoms with E-state index in [9.17, 15) is 9.59 Å². The van der Waals surface area contributed by atoms with E-state index in [1.807, 2.05) is 46.8 Å². The summed E-state index contributed by atoms with van der Waals surface area (Å²) >= 11 is 0. The molecule has 6 nitrogen and oxygen atoms in total. The minimum Gasteiger partial charge on any atom is -0.493 e. The number of rotatable bonds is 21. The van der Waals surface area contributed by atoms with E-state index >= 15 is 0 Å². The minimum atomic E-state index is -0.503. The van der Waals surface area contributed by atoms with Gasteiger partial charge in [0.25, 0.3) is 0 Å². The Bertz CT molecular complexity index is 1120. The quantitative estimate of drug-likeness (QED) is 0.104. The molecular weight excluding hydrogens is 550 g/mol. The number of nitrogens with zero attached hydrogens (tertiary/aromatic N) is 1. The molecule has 1 aromatic carbocycles. The highest BCUT2D eigenvalue weighted by Gasteiger charge is 2.31. The number of hydrogen-bond acceptors (Lipinski definition) is 6. The highest BCUT2D eigenvalue weighted by Crippen LogP contribution is 2.41. The fraction of sp³-hybridized carbons (Fsp3) is 0.658. The van der Waals surface area contributed by atoms with E-state index in [1.165, 1.54) is 70.6 Å². The molecule has 2 rings (SSSR count). The van der Waals surface area contributed by atoms with E-state index in [-0.39, 0.29) is 12.2 Å². The summed E-state index contributed by atoms with van der Waals surface area (Å²) in [4.78, 5) is 31.8. The van der Waals surface area contributed by atoms with Crippen molar-refractivity contribution in [2.75, 3.05) is 6.61 Å². The van der Waals surface area contributed by atoms with Crippen LogP contribution in [0.4, 0.5) is 0 Å². The summed E-state index contributed by atoms with van der Waals surface area (Å²) in [5.74, 6) is -0.365. The second-order valence-electron chi connectivity index (χ2n) is 12.5. The van der Waals surface area contributed by atoms with E-state index < -0.39 is 11.9 Å². The minimum absolute atomic E-state index is 0.291. The Labute approximate surface area is 267 Å². The summed E-state index contributed by atoms with van der Waals surface area (Å²) in [5, 5.41) is 0. The second-order valence-corrected chi connectivity index (χ2v) is 12.5. The predicted octanol–water partition coefficient (Wildman–Crippen LogP) is 10.5. The van der Waals surface area contributed by atoms with Crippen molar-refractivity contribution in [2.45, 2.75) is 157 Å². The van der Waals surface area contributed by atoms with Gasteiger partial charge in [-0.15, -0.1) is 0 Å². The molecule has 0 aliphatic carbocycles. The van der Waals surface area contributed by atoms with Crippen molar-refractivity contribution < 1.29 is 23.8 Å². The maximum Gasteiger partial charge on any atom is 0.340 e. The summed E-state index contributed by atoms with van der Waals surface area (Å²) in [5.41, 5.74) is 3.91. The van der Waals surface area contributed by atoms with Crippen molar-refractivity contribution >= 4 is 11.9 Å². The zero-order valence-electron chi connectivity index (χ0n) is 29.0. The normalized spacial score (nSPS) is 11.3. The maximum absolute atomic E-state index is 13.6. The average molecular weight is 610 g/mol. The molecule has 0 saturated heterocycles. The Kier molecular flexibility index (Phi) is 17.1. The Hall–Kier alpha value is -2.89. The van der Waals surface area contributed by atoms with Gasteiger partial charge in [0.15, 0.2) is 0 Å². The lowest BCUT2D eigenvalue weighted by Crippen LogP contribution is -2.21. The van der Waals surface area contributed by atoms with Crippen LogP contribution in [0.15, 0.2) is 18.2 Å². The third-order valence-electron chi connectivity index (χ3n) is 7.86. The van der Waals surface area contributed by atoms with Gasteiger partial charge in [-0.1, -0.05) is 96.1 Å². The van der Waals surface area contributed by atoms with E-state index in [2.05, 4.69) is 18.0 Å². The highest BCUT2D eigenvalue weighted by atomic mass is 16.5. The van der Waals surface area contributed by atoms with Crippen LogP contribution in [-0.4, -0.2) is 35.7 Å². The number of ether oxygens (including phenoxy) is 3. The number of esters is 2. The van der Waals surface area contributed by atoms with Crippen molar-refractivity contribution in [3.63, 3.8) is 0 Å². The van der Waals surface area contributed by atoms with Crippen LogP contribution >= 0.6 is 0 Å². The largest absolute Gasteiger partial charge is 0.493 e. The molecule has 0 spiro atoms. The van der Waals surface area contributed by atoms with Gasteiger partial charge >= 0.3 is 11.9 Å². The third kappa shape index (κ3) is 11.9. The molecule has 0 radical (unpaired) electrons. The summed E-state index contributed by atoms with van der Waals surface area (Å²) in [7, 11) is 0. The second kappa shape index (κ2) is 20.2. The summed E-state index contributed by atoms with van der Waals surface area (Å²) in [6, 6.07) is 5.98. The van der Waals surface area contributed by atoms with Crippen LogP contribution in [0.3, 0.4) is 0 Å². The van der Waals surface area contributed by atoms with E-state index in [1.54, 1.807) is 13.8 Å². The van der Waals surface area contributed by atoms with Gasteiger partial charge in [0.1, 0.15) is 5.75 Å². The smallest absolute Gasteiger partial charge is 0.340 e. The first-order chi connectivity index (χ1) is 21.1. The lowest BCUT2D eigenvalue weighted by molar-refractivity contribution is 0.0377. The Balaban J connectivity index is 2.31. The van der Waals surface area contributed by atoms with Crippen LogP contribution < -0.4 is 4.74 Å². The van der Waals surface area contributed by atoms with Crippen LogP contribution in [0.2, 0.25) is 0 Å². The van der Waals surface area contributed by atoms with Crippen molar-refractivity contribution in [3.8, 4) is 16.9 Å². The van der Waals surface area contributed by atoms with Crippen LogP contribution in [0.25, 0.3) is 11.1 Å². The van der Waals surface area contributed by atoms with Crippen LogP contribution in [-0.2, 0) is 15.9 Å². The Morgan fingerprint density at radius 3 is 1.55 bits per heavy atom. The number of benzene rings is 1. The standard InChI is InChI=1S/C38H59NO5/c1-9-11-12-13-14-15-16-17-18-19-20-21-22-24-31-25-23-26-32(42-10-2)35(31)36-33(37(40)43-27(3)4)29(7)39-30(8)34(36)38(41)44-28(5)6/h23,25-28H,9-22,24H2,1-8H3. The van der Waals surface area contributed by atoms with Crippen molar-refractivity contribution in [1.82, 2.24) is 4.98 Å². The molecule has 6 heteroatoms. The molecule has 0 N–H and O–H groups in total. The molecule has 0 atom stereocenters. The highest BCUT2D eigenvalue weighted by molar-refractivity contribution is 6.08. The topological polar surface area (TPSA) is 74.7 Å². The molecule has 0 fully saturated rings. The van der Waals surface area contributed by atoms with Gasteiger partial charge < -0.3 is 14.2 Å². The average Bonchev–Trinajstić information content (AvgIpc) is 2.94. The first-order valence-corrected chi connectivity index (χ1v) is 17.3. The summed E-state index contributed by atoms with van der Waals surface area (Å²) in [6.45, 7) is 15.5. The van der Waals surface area contributed by atoms with Crippen molar-refractivity contribution in [1.29, 1.82) is 0 Å². The summed E-state index contributed by atoms with van der Waals surface area (Å²) < 4.78 is 17.5. The van der Waals surface area contributed by atoms with E-state index in [4.69, 9.17) is 14.2 Å². The predicted molar refractivity (Wildman–Crippen MR) is 181 cm³/mol. The lowest BCUT2D eigenvalue weighted by Gasteiger charge is -2.23. The lowest BCUT2D eigenvalue weighted by atomic mass is 9.87. The number of hydrogen-bond donors (Lipinski definition) is 0. The van der Waals surface area contributed by atoms with Crippen LogP contribution in [0.1, 0.15) is 163 Å². The molecule has 0 unspecified atom stereocenters. The van der Waals surface area contributed by atoms with Crippen LogP contribution in [0, 0.1) is 13.8 Å². The monoisotopic (exact) mass is 609 g/mol. The molecule has 0 aliphatic rings. The molecule has 44 heavy (non-hydrogen) atoms. The number of unbranched alkanes of at least 4 members (excludes halogenated alkanes) is 12. The van der Waals surface area contributed by atoms with Gasteiger partial charge in [-0.2, -0.15) is 0 Å². The van der Waals surface area contributed by atoms with E-state index in [0.717, 1.165) is 30.4 Å². The molecule has 2 aromatic rings. The van der Waals surface area contributed by atoms with Crippen molar-refractivity contribution in [3.05, 3.63) is 46.3 Å². The van der Waals surface area contributed by atoms with Crippen LogP contribution in [0.5, 0.6) is 5.75 Å². The zero-order valence-corrected chi connectivity index (χ0v) is 29.0. The molecule has 1 aromatic heterocycles. The number of pyridine rings is 1. The Morgan fingerprint density at radius 1 is 0.659 bits per heavy atom. The fourth-order valence-electron chi connectivity index (χ4n) is 5.82. The summed E-state index contributed by atoms with van der Waals surface area (Å²) in [6.07, 6.45) is 17.0. The molecule has 0 aliphatic heterocycles. The van der Waals surface area contributed by atoms with Gasteiger partial charge in [-0.3, -0.25) is 4.98 Å². The van der Waals surface area contributed by atoms with Gasteiger partial charge in [0, 0.05) is 11.1 Å². The number of aromatic nitrogens is 1. The molecule has 0 amide bonds. The molecule has 0 saturated carbocycles. The number of carbonyl (C=O) groups is 2. The zero-order chi connectivity index (χ0) is 32.5. The SMILES string of the molecule is CCCCCCCCCCCCCCCc1cccc(OCC)c1-c1c(C(=O)OC(C)C)c(C)nc(C)c1C(=O)OC(C)C. The third-order valence-corrected chi connectivity index (χ3v) is 7.86. The molecular formula is C38H59NO5. The van der Waals surface area contributed by atoms with Crippen molar-refractivity contribution in [2.24, 2.45) is 0 Å². The first-order valence-electron chi connectivity index (χ1n) is 17.3. The van der Waals surface area contributed by atoms with Gasteiger partial charge in [0.05, 0.1) is 41.3 Å². The molecule has 1 heterocycles. The molecule has 0 bridgehead atoms. The number of carbonyl (C=O) groups excluding carboxylic acids is 2. The molecule has 246 valence electrons.